The lowest BCUT2D eigenvalue weighted by atomic mass is 10.1. The summed E-state index contributed by atoms with van der Waals surface area (Å²) < 4.78 is 12.8. The average molecular weight is 239 g/mol. The van der Waals surface area contributed by atoms with E-state index in [9.17, 15) is 14.0 Å². The fourth-order valence-corrected chi connectivity index (χ4v) is 1.33. The quantitative estimate of drug-likeness (QED) is 0.815. The third-order valence-electron chi connectivity index (χ3n) is 2.28. The van der Waals surface area contributed by atoms with Crippen LogP contribution in [0.3, 0.4) is 0 Å². The van der Waals surface area contributed by atoms with Gasteiger partial charge in [0.25, 0.3) is 0 Å². The summed E-state index contributed by atoms with van der Waals surface area (Å²) in [6, 6.07) is 5.07. The number of hydrogen-bond acceptors (Lipinski definition) is 2. The third-order valence-corrected chi connectivity index (χ3v) is 2.28. The first-order chi connectivity index (χ1) is 7.99. The van der Waals surface area contributed by atoms with Crippen molar-refractivity contribution in [3.8, 4) is 0 Å². The van der Waals surface area contributed by atoms with Crippen LogP contribution in [0.1, 0.15) is 18.9 Å². The summed E-state index contributed by atoms with van der Waals surface area (Å²) in [5, 5.41) is 10.9. The normalized spacial score (nSPS) is 11.9. The van der Waals surface area contributed by atoms with Crippen molar-refractivity contribution >= 4 is 11.9 Å². The molecule has 4 nitrogen and oxygen atoms in total. The molecule has 92 valence electrons. The predicted molar refractivity (Wildman–Crippen MR) is 60.0 cm³/mol. The summed E-state index contributed by atoms with van der Waals surface area (Å²) in [7, 11) is 0. The zero-order valence-corrected chi connectivity index (χ0v) is 9.44. The predicted octanol–water partition coefficient (Wildman–Crippen LogP) is 1.35. The Morgan fingerprint density at radius 3 is 2.76 bits per heavy atom. The van der Waals surface area contributed by atoms with E-state index in [1.807, 2.05) is 0 Å². The molecule has 0 radical (unpaired) electrons. The van der Waals surface area contributed by atoms with E-state index in [0.717, 1.165) is 0 Å². The summed E-state index contributed by atoms with van der Waals surface area (Å²) >= 11 is 0. The lowest BCUT2D eigenvalue weighted by Crippen LogP contribution is -2.38. The highest BCUT2D eigenvalue weighted by atomic mass is 19.1. The van der Waals surface area contributed by atoms with Crippen LogP contribution in [0, 0.1) is 5.82 Å². The van der Waals surface area contributed by atoms with Gasteiger partial charge in [0, 0.05) is 6.42 Å². The molecule has 1 amide bonds. The minimum atomic E-state index is -1.08. The number of carbonyl (C=O) groups is 2. The Balaban J connectivity index is 2.41. The van der Waals surface area contributed by atoms with Crippen LogP contribution < -0.4 is 5.32 Å². The maximum Gasteiger partial charge on any atom is 0.325 e. The van der Waals surface area contributed by atoms with E-state index in [0.29, 0.717) is 12.0 Å². The van der Waals surface area contributed by atoms with E-state index in [-0.39, 0.29) is 18.1 Å². The van der Waals surface area contributed by atoms with Crippen LogP contribution in [0.2, 0.25) is 0 Å². The number of amides is 1. The Morgan fingerprint density at radius 1 is 1.47 bits per heavy atom. The van der Waals surface area contributed by atoms with Gasteiger partial charge in [0.05, 0.1) is 0 Å². The molecule has 0 aliphatic rings. The molecule has 0 aromatic heterocycles. The van der Waals surface area contributed by atoms with Crippen molar-refractivity contribution in [1.82, 2.24) is 5.32 Å². The van der Waals surface area contributed by atoms with Gasteiger partial charge in [-0.25, -0.2) is 4.39 Å². The molecule has 5 heteroatoms. The smallest absolute Gasteiger partial charge is 0.325 e. The van der Waals surface area contributed by atoms with Crippen molar-refractivity contribution in [2.45, 2.75) is 25.8 Å². The first kappa shape index (κ1) is 13.2. The molecular weight excluding hydrogens is 225 g/mol. The van der Waals surface area contributed by atoms with Gasteiger partial charge >= 0.3 is 5.97 Å². The Morgan fingerprint density at radius 2 is 2.18 bits per heavy atom. The van der Waals surface area contributed by atoms with Gasteiger partial charge in [0.1, 0.15) is 11.9 Å². The molecule has 0 aliphatic heterocycles. The molecule has 1 rings (SSSR count). The second-order valence-corrected chi connectivity index (χ2v) is 3.76. The molecule has 2 N–H and O–H groups in total. The molecule has 0 unspecified atom stereocenters. The molecule has 1 aromatic carbocycles. The monoisotopic (exact) mass is 239 g/mol. The number of nitrogens with one attached hydrogen (secondary N) is 1. The highest BCUT2D eigenvalue weighted by Gasteiger charge is 2.13. The maximum atomic E-state index is 12.8. The fraction of sp³-hybridized carbons (Fsp3) is 0.333. The average Bonchev–Trinajstić information content (AvgIpc) is 2.26. The Labute approximate surface area is 98.5 Å². The number of rotatable bonds is 5. The summed E-state index contributed by atoms with van der Waals surface area (Å²) in [6.45, 7) is 1.39. The molecule has 1 atom stereocenters. The number of carboxylic acids is 1. The van der Waals surface area contributed by atoms with Crippen LogP contribution >= 0.6 is 0 Å². The Kier molecular flexibility index (Phi) is 4.63. The second-order valence-electron chi connectivity index (χ2n) is 3.76. The van der Waals surface area contributed by atoms with Crippen LogP contribution in [0.25, 0.3) is 0 Å². The molecule has 0 bridgehead atoms. The van der Waals surface area contributed by atoms with Crippen LogP contribution in [-0.4, -0.2) is 23.0 Å². The van der Waals surface area contributed by atoms with E-state index in [4.69, 9.17) is 5.11 Å². The fourth-order valence-electron chi connectivity index (χ4n) is 1.33. The van der Waals surface area contributed by atoms with Crippen molar-refractivity contribution in [3.05, 3.63) is 35.6 Å². The number of aryl methyl sites for hydroxylation is 1. The summed E-state index contributed by atoms with van der Waals surface area (Å²) in [6.07, 6.45) is 0.525. The summed E-state index contributed by atoms with van der Waals surface area (Å²) in [5.74, 6) is -1.78. The van der Waals surface area contributed by atoms with E-state index in [1.165, 1.54) is 19.1 Å². The van der Waals surface area contributed by atoms with Gasteiger partial charge in [-0.1, -0.05) is 12.1 Å². The molecule has 0 aliphatic carbocycles. The minimum absolute atomic E-state index is 0.140. The van der Waals surface area contributed by atoms with Crippen LogP contribution in [-0.2, 0) is 16.0 Å². The van der Waals surface area contributed by atoms with Gasteiger partial charge in [-0.15, -0.1) is 0 Å². The SMILES string of the molecule is C[C@H](NC(=O)CCc1cccc(F)c1)C(=O)O. The standard InChI is InChI=1S/C12H14FNO3/c1-8(12(16)17)14-11(15)6-5-9-3-2-4-10(13)7-9/h2-4,7-8H,5-6H2,1H3,(H,14,15)(H,16,17)/t8-/m0/s1. The molecule has 1 aromatic rings. The molecule has 0 heterocycles. The first-order valence-electron chi connectivity index (χ1n) is 5.25. The molecule has 0 fully saturated rings. The zero-order chi connectivity index (χ0) is 12.8. The van der Waals surface area contributed by atoms with Crippen LogP contribution in [0.4, 0.5) is 4.39 Å². The van der Waals surface area contributed by atoms with Gasteiger partial charge < -0.3 is 10.4 Å². The van der Waals surface area contributed by atoms with Crippen molar-refractivity contribution in [1.29, 1.82) is 0 Å². The number of aliphatic carboxylic acids is 1. The van der Waals surface area contributed by atoms with Crippen molar-refractivity contribution in [3.63, 3.8) is 0 Å². The zero-order valence-electron chi connectivity index (χ0n) is 9.44. The van der Waals surface area contributed by atoms with Gasteiger partial charge in [-0.05, 0) is 31.0 Å². The molecule has 0 saturated heterocycles. The van der Waals surface area contributed by atoms with Gasteiger partial charge in [-0.2, -0.15) is 0 Å². The molecule has 0 saturated carbocycles. The van der Waals surface area contributed by atoms with E-state index in [2.05, 4.69) is 5.32 Å². The topological polar surface area (TPSA) is 66.4 Å². The number of benzene rings is 1. The Bertz CT molecular complexity index is 420. The number of carboxylic acid groups (broad SMARTS) is 1. The maximum absolute atomic E-state index is 12.8. The van der Waals surface area contributed by atoms with Gasteiger partial charge in [0.2, 0.25) is 5.91 Å². The third kappa shape index (κ3) is 4.63. The lowest BCUT2D eigenvalue weighted by molar-refractivity contribution is -0.141. The second kappa shape index (κ2) is 5.98. The van der Waals surface area contributed by atoms with Crippen molar-refractivity contribution in [2.24, 2.45) is 0 Å². The van der Waals surface area contributed by atoms with Crippen LogP contribution in [0.15, 0.2) is 24.3 Å². The van der Waals surface area contributed by atoms with Gasteiger partial charge in [0.15, 0.2) is 0 Å². The van der Waals surface area contributed by atoms with Crippen molar-refractivity contribution < 1.29 is 19.1 Å². The van der Waals surface area contributed by atoms with Gasteiger partial charge in [-0.3, -0.25) is 9.59 Å². The first-order valence-corrected chi connectivity index (χ1v) is 5.25. The molecule has 0 spiro atoms. The number of hydrogen-bond donors (Lipinski definition) is 2. The number of halogens is 1. The Hall–Kier alpha value is -1.91. The largest absolute Gasteiger partial charge is 0.480 e. The van der Waals surface area contributed by atoms with E-state index < -0.39 is 12.0 Å². The van der Waals surface area contributed by atoms with Crippen molar-refractivity contribution in [2.75, 3.05) is 0 Å². The minimum Gasteiger partial charge on any atom is -0.480 e. The highest BCUT2D eigenvalue weighted by molar-refractivity contribution is 5.83. The van der Waals surface area contributed by atoms with E-state index in [1.54, 1.807) is 12.1 Å². The van der Waals surface area contributed by atoms with E-state index >= 15 is 0 Å². The van der Waals surface area contributed by atoms with Crippen LogP contribution in [0.5, 0.6) is 0 Å². The highest BCUT2D eigenvalue weighted by Crippen LogP contribution is 2.06. The molecule has 17 heavy (non-hydrogen) atoms. The molecular formula is C12H14FNO3. The number of carbonyl (C=O) groups excluding carboxylic acids is 1. The summed E-state index contributed by atoms with van der Waals surface area (Å²) in [4.78, 5) is 21.8. The summed E-state index contributed by atoms with van der Waals surface area (Å²) in [5.41, 5.74) is 0.711. The lowest BCUT2D eigenvalue weighted by Gasteiger charge is -2.08.